The molecular formula is C15H16N4O3. The summed E-state index contributed by atoms with van der Waals surface area (Å²) in [6, 6.07) is 13.1. The molecule has 0 aliphatic heterocycles. The van der Waals surface area contributed by atoms with Crippen molar-refractivity contribution in [3.63, 3.8) is 0 Å². The summed E-state index contributed by atoms with van der Waals surface area (Å²) in [5.74, 6) is 0. The van der Waals surface area contributed by atoms with Gasteiger partial charge in [0.05, 0.1) is 22.9 Å². The SMILES string of the molecule is CC(CO)Nc1ccc(/N=N/c2ccc([N+](=O)[O-])cc2)cc1. The van der Waals surface area contributed by atoms with Crippen LogP contribution in [0.4, 0.5) is 22.7 Å². The van der Waals surface area contributed by atoms with Gasteiger partial charge >= 0.3 is 0 Å². The molecule has 2 N–H and O–H groups in total. The van der Waals surface area contributed by atoms with Crippen molar-refractivity contribution in [2.24, 2.45) is 10.2 Å². The van der Waals surface area contributed by atoms with Crippen LogP contribution in [0, 0.1) is 10.1 Å². The standard InChI is InChI=1S/C15H16N4O3/c1-11(10-20)16-12-2-4-13(5-3-12)17-18-14-6-8-15(9-7-14)19(21)22/h2-9,11,16,20H,10H2,1H3/b18-17+. The molecule has 1 atom stereocenters. The van der Waals surface area contributed by atoms with E-state index in [-0.39, 0.29) is 18.3 Å². The Kier molecular flexibility index (Phi) is 5.16. The van der Waals surface area contributed by atoms with E-state index in [1.165, 1.54) is 12.1 Å². The van der Waals surface area contributed by atoms with Gasteiger partial charge in [0.25, 0.3) is 5.69 Å². The highest BCUT2D eigenvalue weighted by Gasteiger charge is 2.03. The lowest BCUT2D eigenvalue weighted by Gasteiger charge is -2.11. The Labute approximate surface area is 127 Å². The van der Waals surface area contributed by atoms with Crippen molar-refractivity contribution in [3.05, 3.63) is 58.6 Å². The van der Waals surface area contributed by atoms with Gasteiger partial charge in [-0.1, -0.05) is 0 Å². The summed E-state index contributed by atoms with van der Waals surface area (Å²) in [6.07, 6.45) is 0. The molecule has 0 bridgehead atoms. The Morgan fingerprint density at radius 3 is 2.05 bits per heavy atom. The third-order valence-corrected chi connectivity index (χ3v) is 2.90. The van der Waals surface area contributed by atoms with Gasteiger partial charge in [0.1, 0.15) is 0 Å². The molecule has 0 saturated carbocycles. The van der Waals surface area contributed by atoms with E-state index in [0.717, 1.165) is 5.69 Å². The predicted molar refractivity (Wildman–Crippen MR) is 83.9 cm³/mol. The molecule has 0 aromatic heterocycles. The second-order valence-electron chi connectivity index (χ2n) is 4.75. The Bertz CT molecular complexity index is 653. The minimum absolute atomic E-state index is 0.0207. The molecule has 2 aromatic carbocycles. The van der Waals surface area contributed by atoms with Crippen molar-refractivity contribution >= 4 is 22.7 Å². The van der Waals surface area contributed by atoms with Gasteiger partial charge in [0.15, 0.2) is 0 Å². The maximum Gasteiger partial charge on any atom is 0.269 e. The molecule has 1 unspecified atom stereocenters. The van der Waals surface area contributed by atoms with Crippen molar-refractivity contribution in [1.29, 1.82) is 0 Å². The maximum atomic E-state index is 10.6. The van der Waals surface area contributed by atoms with E-state index in [1.807, 2.05) is 19.1 Å². The Morgan fingerprint density at radius 2 is 1.59 bits per heavy atom. The van der Waals surface area contributed by atoms with Crippen LogP contribution >= 0.6 is 0 Å². The number of nitro groups is 1. The van der Waals surface area contributed by atoms with Crippen molar-refractivity contribution in [2.75, 3.05) is 11.9 Å². The van der Waals surface area contributed by atoms with Gasteiger partial charge in [-0.3, -0.25) is 10.1 Å². The number of nitro benzene ring substituents is 1. The summed E-state index contributed by atoms with van der Waals surface area (Å²) >= 11 is 0. The monoisotopic (exact) mass is 300 g/mol. The molecule has 7 nitrogen and oxygen atoms in total. The third-order valence-electron chi connectivity index (χ3n) is 2.90. The molecule has 0 aliphatic carbocycles. The van der Waals surface area contributed by atoms with Crippen LogP contribution in [0.3, 0.4) is 0 Å². The molecule has 0 saturated heterocycles. The molecule has 2 rings (SSSR count). The lowest BCUT2D eigenvalue weighted by Crippen LogP contribution is -2.18. The van der Waals surface area contributed by atoms with E-state index in [2.05, 4.69) is 15.5 Å². The zero-order chi connectivity index (χ0) is 15.9. The number of nitrogens with zero attached hydrogens (tertiary/aromatic N) is 3. The van der Waals surface area contributed by atoms with Crippen molar-refractivity contribution in [2.45, 2.75) is 13.0 Å². The minimum atomic E-state index is -0.458. The molecule has 0 fully saturated rings. The molecule has 0 spiro atoms. The van der Waals surface area contributed by atoms with Crippen LogP contribution in [0.5, 0.6) is 0 Å². The average molecular weight is 300 g/mol. The first-order valence-corrected chi connectivity index (χ1v) is 6.72. The molecule has 22 heavy (non-hydrogen) atoms. The first-order chi connectivity index (χ1) is 10.6. The predicted octanol–water partition coefficient (Wildman–Crippen LogP) is 3.80. The molecule has 7 heteroatoms. The van der Waals surface area contributed by atoms with E-state index < -0.39 is 4.92 Å². The van der Waals surface area contributed by atoms with Gasteiger partial charge in [-0.05, 0) is 43.3 Å². The highest BCUT2D eigenvalue weighted by Crippen LogP contribution is 2.22. The summed E-state index contributed by atoms with van der Waals surface area (Å²) in [7, 11) is 0. The fourth-order valence-electron chi connectivity index (χ4n) is 1.71. The molecule has 114 valence electrons. The summed E-state index contributed by atoms with van der Waals surface area (Å²) < 4.78 is 0. The second-order valence-corrected chi connectivity index (χ2v) is 4.75. The van der Waals surface area contributed by atoms with Gasteiger partial charge < -0.3 is 10.4 Å². The molecule has 0 aliphatic rings. The van der Waals surface area contributed by atoms with Gasteiger partial charge in [-0.15, -0.1) is 0 Å². The topological polar surface area (TPSA) is 100 Å². The lowest BCUT2D eigenvalue weighted by atomic mass is 10.2. The number of nitrogens with one attached hydrogen (secondary N) is 1. The summed E-state index contributed by atoms with van der Waals surface area (Å²) in [6.45, 7) is 1.93. The molecular weight excluding hydrogens is 284 g/mol. The van der Waals surface area contributed by atoms with Crippen LogP contribution in [-0.4, -0.2) is 22.7 Å². The fraction of sp³-hybridized carbons (Fsp3) is 0.200. The number of non-ortho nitro benzene ring substituents is 1. The number of anilines is 1. The Hall–Kier alpha value is -2.80. The largest absolute Gasteiger partial charge is 0.394 e. The van der Waals surface area contributed by atoms with Crippen LogP contribution in [0.1, 0.15) is 6.92 Å². The zero-order valence-electron chi connectivity index (χ0n) is 12.0. The molecule has 2 aromatic rings. The van der Waals surface area contributed by atoms with Gasteiger partial charge in [-0.2, -0.15) is 10.2 Å². The quantitative estimate of drug-likeness (QED) is 0.481. The summed E-state index contributed by atoms with van der Waals surface area (Å²) in [5, 5.41) is 30.7. The number of rotatable bonds is 6. The van der Waals surface area contributed by atoms with Crippen LogP contribution in [0.2, 0.25) is 0 Å². The highest BCUT2D eigenvalue weighted by molar-refractivity contribution is 5.51. The zero-order valence-corrected chi connectivity index (χ0v) is 12.0. The van der Waals surface area contributed by atoms with Crippen molar-refractivity contribution in [3.8, 4) is 0 Å². The highest BCUT2D eigenvalue weighted by atomic mass is 16.6. The smallest absolute Gasteiger partial charge is 0.269 e. The number of aliphatic hydroxyl groups is 1. The van der Waals surface area contributed by atoms with E-state index >= 15 is 0 Å². The Morgan fingerprint density at radius 1 is 1.09 bits per heavy atom. The summed E-state index contributed by atoms with van der Waals surface area (Å²) in [4.78, 5) is 10.1. The van der Waals surface area contributed by atoms with Crippen molar-refractivity contribution in [1.82, 2.24) is 0 Å². The number of aliphatic hydroxyl groups excluding tert-OH is 1. The first-order valence-electron chi connectivity index (χ1n) is 6.72. The van der Waals surface area contributed by atoms with E-state index in [9.17, 15) is 10.1 Å². The average Bonchev–Trinajstić information content (AvgIpc) is 2.54. The van der Waals surface area contributed by atoms with Gasteiger partial charge in [0, 0.05) is 23.9 Å². The summed E-state index contributed by atoms with van der Waals surface area (Å²) in [5.41, 5.74) is 2.12. The van der Waals surface area contributed by atoms with Gasteiger partial charge in [0.2, 0.25) is 0 Å². The third kappa shape index (κ3) is 4.35. The molecule has 0 amide bonds. The Balaban J connectivity index is 2.02. The first kappa shape index (κ1) is 15.6. The van der Waals surface area contributed by atoms with Crippen molar-refractivity contribution < 1.29 is 10.0 Å². The van der Waals surface area contributed by atoms with Crippen LogP contribution in [0.25, 0.3) is 0 Å². The number of hydrogen-bond acceptors (Lipinski definition) is 6. The molecule has 0 radical (unpaired) electrons. The van der Waals surface area contributed by atoms with Crippen LogP contribution in [0.15, 0.2) is 58.8 Å². The second kappa shape index (κ2) is 7.28. The number of azo groups is 1. The van der Waals surface area contributed by atoms with E-state index in [0.29, 0.717) is 11.4 Å². The van der Waals surface area contributed by atoms with Gasteiger partial charge in [-0.25, -0.2) is 0 Å². The normalized spacial score (nSPS) is 12.3. The number of hydrogen-bond donors (Lipinski definition) is 2. The van der Waals surface area contributed by atoms with Crippen LogP contribution < -0.4 is 5.32 Å². The minimum Gasteiger partial charge on any atom is -0.394 e. The molecule has 0 heterocycles. The fourth-order valence-corrected chi connectivity index (χ4v) is 1.71. The van der Waals surface area contributed by atoms with E-state index in [4.69, 9.17) is 5.11 Å². The number of benzene rings is 2. The maximum absolute atomic E-state index is 10.6. The van der Waals surface area contributed by atoms with Crippen LogP contribution in [-0.2, 0) is 0 Å². The van der Waals surface area contributed by atoms with E-state index in [1.54, 1.807) is 24.3 Å². The lowest BCUT2D eigenvalue weighted by molar-refractivity contribution is -0.384.